The Morgan fingerprint density at radius 1 is 0.280 bits per heavy atom. The number of benzene rings is 16. The molecule has 0 N–H and O–H groups in total. The lowest BCUT2D eigenvalue weighted by Gasteiger charge is -2.38. The summed E-state index contributed by atoms with van der Waals surface area (Å²) in [6.45, 7) is 10.1. The molecule has 16 aromatic rings. The Kier molecular flexibility index (Phi) is 25.0. The highest BCUT2D eigenvalue weighted by molar-refractivity contribution is 7.65. The quantitative estimate of drug-likeness (QED) is 0.0279. The Labute approximate surface area is 855 Å². The van der Waals surface area contributed by atoms with E-state index in [9.17, 15) is 28.8 Å². The second-order valence-electron chi connectivity index (χ2n) is 37.8. The number of halogens is 12. The number of hydrogen-bond donors (Lipinski definition) is 0. The minimum Gasteiger partial charge on any atom is -0.457 e. The summed E-state index contributed by atoms with van der Waals surface area (Å²) in [4.78, 5) is 119. The summed E-state index contributed by atoms with van der Waals surface area (Å²) in [6.07, 6.45) is -9.14. The second kappa shape index (κ2) is 37.4. The van der Waals surface area contributed by atoms with Crippen LogP contribution in [-0.2, 0) is 21.9 Å². The van der Waals surface area contributed by atoms with Gasteiger partial charge in [-0.25, -0.2) is 9.80 Å². The highest BCUT2D eigenvalue weighted by atomic mass is 31.1. The lowest BCUT2D eigenvalue weighted by molar-refractivity contribution is -0.290. The Morgan fingerprint density at radius 2 is 0.580 bits per heavy atom. The molecule has 2 unspecified atom stereocenters. The first kappa shape index (κ1) is 100. The number of fused-ring (bicyclic) bond motifs is 4. The zero-order valence-corrected chi connectivity index (χ0v) is 82.3. The highest BCUT2D eigenvalue weighted by Crippen LogP contribution is 2.61. The number of amides is 8. The van der Waals surface area contributed by atoms with Gasteiger partial charge in [0.05, 0.1) is 67.0 Å². The predicted octanol–water partition coefficient (Wildman–Crippen LogP) is 28.1. The SMILES string of the molecule is C#Cc1cccc(N2C(=O)c3ccc(C(c4ccc5c(c4)C(=O)N(C(C)(C)c4cccc(-c6cc(-c7ccccc7)c(-c7ccc(Oc8ccc(-c9c(-c%10ccccc%10)cc(-c%10cccc(N%11C(=O)c%12ccc(C(c%13ccc%14c(c%13)C(=O)N(C(C)(C)c%13cccc(C#C)c%13)C%14=O)(C(F)(F)F)C(F)(F)F)cc%12C%11=O)c%10)c([PH](=C)C)c9PC)cc8)cc7)c(-c7ccccc7)c6-c6ccccc6)c4)C5=O)(C(F)(F)F)C(F)(F)F)cc3C2=O)c1. The molecule has 0 aromatic heterocycles. The Hall–Kier alpha value is -17.1. The molecule has 0 fully saturated rings. The van der Waals surface area contributed by atoms with Crippen LogP contribution in [0.3, 0.4) is 0 Å². The van der Waals surface area contributed by atoms with Crippen LogP contribution in [0, 0.1) is 24.7 Å². The normalized spacial score (nSPS) is 14.2. The molecular formula is C123H82F12N4O9P2. The van der Waals surface area contributed by atoms with Crippen molar-refractivity contribution in [1.29, 1.82) is 0 Å². The molecule has 742 valence electrons. The number of nitrogens with zero attached hydrogens (tertiary/aromatic N) is 4. The molecule has 8 amide bonds. The van der Waals surface area contributed by atoms with Gasteiger partial charge in [-0.2, -0.15) is 52.7 Å². The van der Waals surface area contributed by atoms with Crippen molar-refractivity contribution in [3.05, 3.63) is 441 Å². The number of imide groups is 4. The van der Waals surface area contributed by atoms with Gasteiger partial charge in [-0.1, -0.05) is 253 Å². The Morgan fingerprint density at radius 3 is 0.980 bits per heavy atom. The van der Waals surface area contributed by atoms with Gasteiger partial charge in [0, 0.05) is 11.1 Å². The molecule has 4 aliphatic heterocycles. The van der Waals surface area contributed by atoms with Crippen molar-refractivity contribution >= 4 is 91.7 Å². The van der Waals surface area contributed by atoms with Gasteiger partial charge in [-0.15, -0.1) is 12.8 Å². The van der Waals surface area contributed by atoms with Gasteiger partial charge in [0.25, 0.3) is 47.3 Å². The van der Waals surface area contributed by atoms with Crippen LogP contribution in [0.15, 0.2) is 352 Å². The van der Waals surface area contributed by atoms with Crippen LogP contribution in [0.25, 0.3) is 89.0 Å². The molecule has 0 saturated carbocycles. The zero-order valence-electron chi connectivity index (χ0n) is 80.3. The van der Waals surface area contributed by atoms with Crippen LogP contribution < -0.4 is 25.1 Å². The van der Waals surface area contributed by atoms with Gasteiger partial charge in [-0.3, -0.25) is 48.2 Å². The lowest BCUT2D eigenvalue weighted by atomic mass is 9.71. The number of alkyl halides is 12. The van der Waals surface area contributed by atoms with Crippen LogP contribution in [0.4, 0.5) is 64.1 Å². The van der Waals surface area contributed by atoms with Gasteiger partial charge in [0.1, 0.15) is 11.5 Å². The van der Waals surface area contributed by atoms with E-state index in [-0.39, 0.29) is 25.5 Å². The van der Waals surface area contributed by atoms with Crippen molar-refractivity contribution in [1.82, 2.24) is 9.80 Å². The summed E-state index contributed by atoms with van der Waals surface area (Å²) in [5, 5.41) is 1.82. The molecule has 16 aromatic carbocycles. The molecule has 2 atom stereocenters. The van der Waals surface area contributed by atoms with Crippen LogP contribution in [-0.4, -0.2) is 101 Å². The van der Waals surface area contributed by atoms with E-state index in [2.05, 4.69) is 24.2 Å². The number of rotatable bonds is 22. The predicted molar refractivity (Wildman–Crippen MR) is 561 cm³/mol. The van der Waals surface area contributed by atoms with E-state index in [4.69, 9.17) is 17.6 Å². The van der Waals surface area contributed by atoms with Crippen LogP contribution in [0.5, 0.6) is 11.5 Å². The number of carbonyl (C=O) groups excluding carboxylic acids is 8. The fourth-order valence-corrected chi connectivity index (χ4v) is 24.5. The minimum atomic E-state index is -6.25. The maximum atomic E-state index is 16.2. The molecule has 0 radical (unpaired) electrons. The minimum absolute atomic E-state index is 0.0525. The summed E-state index contributed by atoms with van der Waals surface area (Å²) in [7, 11) is -1.63. The van der Waals surface area contributed by atoms with E-state index in [1.54, 1.807) is 68.4 Å². The maximum Gasteiger partial charge on any atom is 0.411 e. The van der Waals surface area contributed by atoms with Crippen molar-refractivity contribution in [3.8, 4) is 125 Å². The molecule has 150 heavy (non-hydrogen) atoms. The third-order valence-corrected chi connectivity index (χ3v) is 31.2. The van der Waals surface area contributed by atoms with E-state index in [1.165, 1.54) is 50.2 Å². The topological polar surface area (TPSA) is 159 Å². The second-order valence-corrected chi connectivity index (χ2v) is 40.9. The molecule has 0 spiro atoms. The number of terminal acetylenes is 2. The Bertz CT molecular complexity index is 8500. The van der Waals surface area contributed by atoms with Crippen molar-refractivity contribution in [3.63, 3.8) is 0 Å². The molecule has 0 saturated heterocycles. The van der Waals surface area contributed by atoms with Crippen LogP contribution >= 0.6 is 16.1 Å². The van der Waals surface area contributed by atoms with E-state index in [1.807, 2.05) is 195 Å². The van der Waals surface area contributed by atoms with E-state index in [0.717, 1.165) is 105 Å². The summed E-state index contributed by atoms with van der Waals surface area (Å²) >= 11 is 0. The molecule has 4 aliphatic rings. The van der Waals surface area contributed by atoms with E-state index in [0.29, 0.717) is 115 Å². The fraction of sp³-hybridized carbons (Fsp3) is 0.114. The molecular weight excluding hydrogens is 1970 g/mol. The molecule has 13 nitrogen and oxygen atoms in total. The first-order chi connectivity index (χ1) is 71.5. The Balaban J connectivity index is 0.611. The largest absolute Gasteiger partial charge is 0.457 e. The fourth-order valence-electron chi connectivity index (χ4n) is 21.3. The summed E-state index contributed by atoms with van der Waals surface area (Å²) < 4.78 is 201. The number of anilines is 2. The average molecular weight is 2050 g/mol. The van der Waals surface area contributed by atoms with Gasteiger partial charge in [-0.05, 0) is 307 Å². The third-order valence-electron chi connectivity index (χ3n) is 28.5. The van der Waals surface area contributed by atoms with Gasteiger partial charge in [0.2, 0.25) is 10.8 Å². The molecule has 0 aliphatic carbocycles. The standard InChI is InChI=1S/C123H82F12N4O9P2/c1-10-70-28-24-40-80(60-70)116(3,4)138-112(144)92-58-50-84(66-100(92)114(138)146)119(122(130,131)132,123(133,134)135)83-49-57-91-99(65-83)111(143)137(109(91)141)87-43-27-39-79(63-87)97-69-95(73-32-18-13-19-33-73)104(106(149-7)107(97)150(8)9)77-46-54-89(55-47-77)148-88-52-44-76(45-53-88)103-94(72-30-16-12-17-31-72)68-96(102(74-34-20-14-21-35-74)105(103)75-36-22-15-23-37-75)78-38-26-41-81(62-78)117(5,6)139-113(145)93-59-51-85(67-101(93)115(139)147)118(120(124,125)126,121(127,128)129)82-48-56-90-98(64-82)110(142)136(108(90)140)86-42-25-29-71(11-2)61-86/h1-2,12-69,149-150H,8H2,3-7,9H3. The average Bonchev–Trinajstić information content (AvgIpc) is 1.37. The van der Waals surface area contributed by atoms with Crippen LogP contribution in [0.1, 0.15) is 155 Å². The van der Waals surface area contributed by atoms with Gasteiger partial charge in [0.15, 0.2) is 0 Å². The summed E-state index contributed by atoms with van der Waals surface area (Å²) in [5.74, 6) is -3.14. The van der Waals surface area contributed by atoms with Crippen LogP contribution in [0.2, 0.25) is 0 Å². The summed E-state index contributed by atoms with van der Waals surface area (Å²) in [6, 6.07) is 89.4. The number of carbonyl (C=O) groups is 8. The zero-order chi connectivity index (χ0) is 106. The number of hydrogen-bond acceptors (Lipinski definition) is 9. The third kappa shape index (κ3) is 16.2. The number of ether oxygens (including phenoxy) is 1. The van der Waals surface area contributed by atoms with Crippen molar-refractivity contribution < 1.29 is 95.8 Å². The monoisotopic (exact) mass is 2050 g/mol. The van der Waals surface area contributed by atoms with Gasteiger partial charge < -0.3 is 4.74 Å². The molecule has 20 rings (SSSR count). The maximum absolute atomic E-state index is 16.2. The highest BCUT2D eigenvalue weighted by Gasteiger charge is 2.75. The molecule has 4 heterocycles. The first-order valence-corrected chi connectivity index (χ1v) is 50.8. The van der Waals surface area contributed by atoms with Crippen molar-refractivity contribution in [2.75, 3.05) is 23.1 Å². The first-order valence-electron chi connectivity index (χ1n) is 47.1. The van der Waals surface area contributed by atoms with Crippen molar-refractivity contribution in [2.45, 2.75) is 74.3 Å². The van der Waals surface area contributed by atoms with E-state index < -0.39 is 168 Å². The van der Waals surface area contributed by atoms with E-state index >= 15 is 62.3 Å². The smallest absolute Gasteiger partial charge is 0.411 e. The van der Waals surface area contributed by atoms with Gasteiger partial charge >= 0.3 is 24.7 Å². The molecule has 27 heteroatoms. The molecule has 0 bridgehead atoms. The summed E-state index contributed by atoms with van der Waals surface area (Å²) in [5.41, 5.74) is -11.0. The lowest BCUT2D eigenvalue weighted by Crippen LogP contribution is -2.55. The van der Waals surface area contributed by atoms with Crippen molar-refractivity contribution in [2.24, 2.45) is 0 Å².